The minimum atomic E-state index is -0.255. The van der Waals surface area contributed by atoms with Crippen molar-refractivity contribution < 1.29 is 9.59 Å². The number of benzene rings is 1. The molecule has 1 aliphatic rings. The largest absolute Gasteiger partial charge is 0.287 e. The van der Waals surface area contributed by atoms with Gasteiger partial charge in [0.05, 0.1) is 0 Å². The highest BCUT2D eigenvalue weighted by Crippen LogP contribution is 2.34. The predicted octanol–water partition coefficient (Wildman–Crippen LogP) is 2.10. The van der Waals surface area contributed by atoms with Gasteiger partial charge in [0.25, 0.3) is 5.24 Å². The monoisotopic (exact) mass is 207 g/mol. The number of amides is 2. The average Bonchev–Trinajstić information content (AvgIpc) is 2.18. The number of imide groups is 1. The average molecular weight is 207 g/mol. The maximum Gasteiger partial charge on any atom is 0.286 e. The van der Waals surface area contributed by atoms with Gasteiger partial charge in [-0.1, -0.05) is 42.1 Å². The third-order valence-electron chi connectivity index (χ3n) is 2.03. The maximum absolute atomic E-state index is 11.1. The van der Waals surface area contributed by atoms with Crippen LogP contribution in [-0.2, 0) is 4.79 Å². The molecule has 0 saturated carbocycles. The van der Waals surface area contributed by atoms with Gasteiger partial charge in [-0.25, -0.2) is 0 Å². The Labute approximate surface area is 85.9 Å². The van der Waals surface area contributed by atoms with Gasteiger partial charge >= 0.3 is 0 Å². The van der Waals surface area contributed by atoms with E-state index >= 15 is 0 Å². The van der Waals surface area contributed by atoms with E-state index < -0.39 is 0 Å². The number of hydrogen-bond donors (Lipinski definition) is 1. The van der Waals surface area contributed by atoms with Gasteiger partial charge in [0.15, 0.2) is 0 Å². The highest BCUT2D eigenvalue weighted by Gasteiger charge is 2.26. The SMILES string of the molecule is O=C1C[C@H](c2ccccc2)SC(=O)N1. The molecule has 2 amide bonds. The van der Waals surface area contributed by atoms with Crippen LogP contribution in [0.15, 0.2) is 30.3 Å². The van der Waals surface area contributed by atoms with Gasteiger partial charge in [0.2, 0.25) is 5.91 Å². The number of nitrogens with one attached hydrogen (secondary N) is 1. The molecule has 1 fully saturated rings. The van der Waals surface area contributed by atoms with Crippen molar-refractivity contribution in [3.05, 3.63) is 35.9 Å². The fourth-order valence-electron chi connectivity index (χ4n) is 1.39. The minimum absolute atomic E-state index is 0.0301. The van der Waals surface area contributed by atoms with Gasteiger partial charge < -0.3 is 0 Å². The van der Waals surface area contributed by atoms with Crippen molar-refractivity contribution in [3.8, 4) is 0 Å². The molecular weight excluding hydrogens is 198 g/mol. The van der Waals surface area contributed by atoms with Gasteiger partial charge in [0, 0.05) is 11.7 Å². The van der Waals surface area contributed by atoms with Crippen molar-refractivity contribution >= 4 is 22.9 Å². The standard InChI is InChI=1S/C10H9NO2S/c12-9-6-8(14-10(13)11-9)7-4-2-1-3-5-7/h1-5,8H,6H2,(H,11,12,13)/t8-/m1/s1. The number of hydrogen-bond acceptors (Lipinski definition) is 3. The minimum Gasteiger partial charge on any atom is -0.287 e. The number of carbonyl (C=O) groups excluding carboxylic acids is 2. The molecule has 14 heavy (non-hydrogen) atoms. The summed E-state index contributed by atoms with van der Waals surface area (Å²) in [5.74, 6) is -0.192. The summed E-state index contributed by atoms with van der Waals surface area (Å²) in [6.07, 6.45) is 0.375. The summed E-state index contributed by atoms with van der Waals surface area (Å²) in [5.41, 5.74) is 1.03. The van der Waals surface area contributed by atoms with Crippen molar-refractivity contribution in [2.75, 3.05) is 0 Å². The van der Waals surface area contributed by atoms with Crippen LogP contribution in [0.25, 0.3) is 0 Å². The third kappa shape index (κ3) is 1.96. The van der Waals surface area contributed by atoms with Gasteiger partial charge in [-0.05, 0) is 5.56 Å². The normalized spacial score (nSPS) is 21.9. The van der Waals surface area contributed by atoms with Crippen molar-refractivity contribution in [1.82, 2.24) is 5.32 Å². The van der Waals surface area contributed by atoms with Crippen molar-refractivity contribution in [2.45, 2.75) is 11.7 Å². The second-order valence-corrected chi connectivity index (χ2v) is 4.23. The molecule has 2 rings (SSSR count). The Morgan fingerprint density at radius 1 is 1.21 bits per heavy atom. The first-order valence-electron chi connectivity index (χ1n) is 4.31. The second kappa shape index (κ2) is 3.84. The van der Waals surface area contributed by atoms with Crippen LogP contribution in [0.3, 0.4) is 0 Å². The molecule has 0 aliphatic carbocycles. The van der Waals surface area contributed by atoms with Crippen LogP contribution in [-0.4, -0.2) is 11.1 Å². The second-order valence-electron chi connectivity index (χ2n) is 3.06. The molecule has 0 spiro atoms. The number of carbonyl (C=O) groups is 2. The van der Waals surface area contributed by atoms with Gasteiger partial charge in [0.1, 0.15) is 0 Å². The molecule has 3 nitrogen and oxygen atoms in total. The van der Waals surface area contributed by atoms with Crippen LogP contribution in [0, 0.1) is 0 Å². The van der Waals surface area contributed by atoms with E-state index in [9.17, 15) is 9.59 Å². The number of thioether (sulfide) groups is 1. The predicted molar refractivity (Wildman–Crippen MR) is 54.9 cm³/mol. The lowest BCUT2D eigenvalue weighted by Gasteiger charge is -2.20. The maximum atomic E-state index is 11.1. The lowest BCUT2D eigenvalue weighted by atomic mass is 10.1. The highest BCUT2D eigenvalue weighted by atomic mass is 32.2. The Morgan fingerprint density at radius 2 is 1.93 bits per heavy atom. The van der Waals surface area contributed by atoms with Crippen LogP contribution in [0.2, 0.25) is 0 Å². The molecule has 1 saturated heterocycles. The molecule has 1 N–H and O–H groups in total. The Kier molecular flexibility index (Phi) is 2.54. The molecule has 0 aromatic heterocycles. The zero-order valence-electron chi connectivity index (χ0n) is 7.40. The Bertz CT molecular complexity index is 348. The fourth-order valence-corrected chi connectivity index (χ4v) is 2.35. The lowest BCUT2D eigenvalue weighted by molar-refractivity contribution is -0.120. The van der Waals surface area contributed by atoms with Crippen LogP contribution in [0.1, 0.15) is 17.2 Å². The third-order valence-corrected chi connectivity index (χ3v) is 3.07. The number of rotatable bonds is 1. The summed E-state index contributed by atoms with van der Waals surface area (Å²) in [4.78, 5) is 22.2. The highest BCUT2D eigenvalue weighted by molar-refractivity contribution is 8.13. The van der Waals surface area contributed by atoms with E-state index in [-0.39, 0.29) is 16.4 Å². The molecule has 0 bridgehead atoms. The van der Waals surface area contributed by atoms with Crippen LogP contribution >= 0.6 is 11.8 Å². The molecular formula is C10H9NO2S. The zero-order chi connectivity index (χ0) is 9.97. The summed E-state index contributed by atoms with van der Waals surface area (Å²) in [6.45, 7) is 0. The van der Waals surface area contributed by atoms with E-state index in [0.29, 0.717) is 6.42 Å². The van der Waals surface area contributed by atoms with Gasteiger partial charge in [-0.15, -0.1) is 0 Å². The molecule has 4 heteroatoms. The van der Waals surface area contributed by atoms with Gasteiger partial charge in [-0.3, -0.25) is 14.9 Å². The summed E-state index contributed by atoms with van der Waals surface area (Å²) in [7, 11) is 0. The van der Waals surface area contributed by atoms with Crippen LogP contribution in [0.5, 0.6) is 0 Å². The molecule has 1 aromatic rings. The smallest absolute Gasteiger partial charge is 0.286 e. The van der Waals surface area contributed by atoms with Crippen molar-refractivity contribution in [1.29, 1.82) is 0 Å². The van der Waals surface area contributed by atoms with Crippen LogP contribution in [0.4, 0.5) is 4.79 Å². The molecule has 1 atom stereocenters. The van der Waals surface area contributed by atoms with E-state index in [1.807, 2.05) is 30.3 Å². The Hall–Kier alpha value is -1.29. The molecule has 0 radical (unpaired) electrons. The fraction of sp³-hybridized carbons (Fsp3) is 0.200. The molecule has 1 aromatic carbocycles. The summed E-state index contributed by atoms with van der Waals surface area (Å²) >= 11 is 1.17. The van der Waals surface area contributed by atoms with E-state index in [4.69, 9.17) is 0 Å². The molecule has 1 aliphatic heterocycles. The van der Waals surface area contributed by atoms with Crippen LogP contribution < -0.4 is 5.32 Å². The van der Waals surface area contributed by atoms with Crippen molar-refractivity contribution in [3.63, 3.8) is 0 Å². The zero-order valence-corrected chi connectivity index (χ0v) is 8.21. The summed E-state index contributed by atoms with van der Waals surface area (Å²) in [5, 5.41) is 1.98. The first kappa shape index (κ1) is 9.27. The van der Waals surface area contributed by atoms with E-state index in [0.717, 1.165) is 5.56 Å². The van der Waals surface area contributed by atoms with E-state index in [1.54, 1.807) is 0 Å². The Morgan fingerprint density at radius 3 is 2.57 bits per heavy atom. The lowest BCUT2D eigenvalue weighted by Crippen LogP contribution is -2.33. The van der Waals surface area contributed by atoms with E-state index in [2.05, 4.69) is 5.32 Å². The molecule has 0 unspecified atom stereocenters. The van der Waals surface area contributed by atoms with Crippen molar-refractivity contribution in [2.24, 2.45) is 0 Å². The quantitative estimate of drug-likeness (QED) is 0.767. The van der Waals surface area contributed by atoms with Gasteiger partial charge in [-0.2, -0.15) is 0 Å². The topological polar surface area (TPSA) is 46.2 Å². The molecule has 72 valence electrons. The molecule has 1 heterocycles. The van der Waals surface area contributed by atoms with E-state index in [1.165, 1.54) is 11.8 Å². The summed E-state index contributed by atoms with van der Waals surface area (Å²) in [6, 6.07) is 9.60. The first-order valence-corrected chi connectivity index (χ1v) is 5.19. The first-order chi connectivity index (χ1) is 6.75. The Balaban J connectivity index is 2.19. The summed E-state index contributed by atoms with van der Waals surface area (Å²) < 4.78 is 0.